The van der Waals surface area contributed by atoms with Gasteiger partial charge in [-0.3, -0.25) is 0 Å². The average molecular weight is 254 g/mol. The first kappa shape index (κ1) is 13.0. The van der Waals surface area contributed by atoms with E-state index >= 15 is 0 Å². The van der Waals surface area contributed by atoms with Crippen LogP contribution in [0, 0.1) is 5.92 Å². The van der Waals surface area contributed by atoms with Crippen molar-refractivity contribution in [3.63, 3.8) is 0 Å². The Hall–Kier alpha value is -0.450. The van der Waals surface area contributed by atoms with Gasteiger partial charge >= 0.3 is 0 Å². The van der Waals surface area contributed by atoms with Crippen LogP contribution in [-0.2, 0) is 6.42 Å². The van der Waals surface area contributed by atoms with Crippen molar-refractivity contribution in [3.05, 3.63) is 16.1 Å². The van der Waals surface area contributed by atoms with E-state index in [9.17, 15) is 0 Å². The van der Waals surface area contributed by atoms with E-state index in [0.717, 1.165) is 12.3 Å². The SMILES string of the molecule is CC(CO)c1cnc(CC2CCN(C)CC2)s1. The van der Waals surface area contributed by atoms with Gasteiger partial charge in [0.2, 0.25) is 0 Å². The van der Waals surface area contributed by atoms with Crippen molar-refractivity contribution in [2.24, 2.45) is 5.92 Å². The molecule has 2 heterocycles. The van der Waals surface area contributed by atoms with Crippen molar-refractivity contribution in [3.8, 4) is 0 Å². The third-order valence-electron chi connectivity index (χ3n) is 3.63. The first-order chi connectivity index (χ1) is 8.19. The first-order valence-corrected chi connectivity index (χ1v) is 7.24. The Kier molecular flexibility index (Phi) is 4.54. The molecule has 1 atom stereocenters. The Morgan fingerprint density at radius 2 is 2.24 bits per heavy atom. The summed E-state index contributed by atoms with van der Waals surface area (Å²) in [6, 6.07) is 0. The van der Waals surface area contributed by atoms with Crippen LogP contribution in [0.4, 0.5) is 0 Å². The normalized spacial score (nSPS) is 20.6. The minimum absolute atomic E-state index is 0.218. The molecule has 17 heavy (non-hydrogen) atoms. The molecule has 0 aliphatic carbocycles. The molecule has 2 rings (SSSR count). The van der Waals surface area contributed by atoms with Gasteiger partial charge < -0.3 is 10.0 Å². The molecule has 4 heteroatoms. The molecule has 1 aromatic heterocycles. The Morgan fingerprint density at radius 3 is 2.88 bits per heavy atom. The van der Waals surface area contributed by atoms with E-state index in [1.165, 1.54) is 35.8 Å². The van der Waals surface area contributed by atoms with Crippen LogP contribution >= 0.6 is 11.3 Å². The fraction of sp³-hybridized carbons (Fsp3) is 0.769. The Bertz CT molecular complexity index is 345. The number of aromatic nitrogens is 1. The van der Waals surface area contributed by atoms with Crippen molar-refractivity contribution in [1.29, 1.82) is 0 Å². The number of likely N-dealkylation sites (tertiary alicyclic amines) is 1. The average Bonchev–Trinajstić information content (AvgIpc) is 2.80. The van der Waals surface area contributed by atoms with Crippen LogP contribution in [0.2, 0.25) is 0 Å². The molecule has 1 fully saturated rings. The van der Waals surface area contributed by atoms with Crippen LogP contribution in [0.15, 0.2) is 6.20 Å². The topological polar surface area (TPSA) is 36.4 Å². The minimum Gasteiger partial charge on any atom is -0.396 e. The molecule has 0 saturated carbocycles. The second-order valence-electron chi connectivity index (χ2n) is 5.19. The van der Waals surface area contributed by atoms with Crippen molar-refractivity contribution < 1.29 is 5.11 Å². The highest BCUT2D eigenvalue weighted by Gasteiger charge is 2.18. The van der Waals surface area contributed by atoms with E-state index in [-0.39, 0.29) is 12.5 Å². The zero-order valence-electron chi connectivity index (χ0n) is 10.7. The largest absolute Gasteiger partial charge is 0.396 e. The quantitative estimate of drug-likeness (QED) is 0.894. The molecule has 1 aromatic rings. The Morgan fingerprint density at radius 1 is 1.53 bits per heavy atom. The second kappa shape index (κ2) is 5.94. The molecule has 1 unspecified atom stereocenters. The molecule has 1 N–H and O–H groups in total. The highest BCUT2D eigenvalue weighted by atomic mass is 32.1. The van der Waals surface area contributed by atoms with Crippen LogP contribution in [0.25, 0.3) is 0 Å². The summed E-state index contributed by atoms with van der Waals surface area (Å²) in [6.45, 7) is 4.70. The zero-order valence-corrected chi connectivity index (χ0v) is 11.5. The van der Waals surface area contributed by atoms with E-state index < -0.39 is 0 Å². The van der Waals surface area contributed by atoms with Gasteiger partial charge in [0.1, 0.15) is 0 Å². The number of hydrogen-bond acceptors (Lipinski definition) is 4. The molecular formula is C13H22N2OS. The number of rotatable bonds is 4. The maximum absolute atomic E-state index is 9.12. The summed E-state index contributed by atoms with van der Waals surface area (Å²) in [4.78, 5) is 8.11. The van der Waals surface area contributed by atoms with Gasteiger partial charge in [-0.2, -0.15) is 0 Å². The molecule has 0 spiro atoms. The van der Waals surface area contributed by atoms with Crippen LogP contribution < -0.4 is 0 Å². The van der Waals surface area contributed by atoms with E-state index in [4.69, 9.17) is 5.11 Å². The third kappa shape index (κ3) is 3.50. The van der Waals surface area contributed by atoms with Crippen LogP contribution in [-0.4, -0.2) is 41.7 Å². The molecule has 0 amide bonds. The second-order valence-corrected chi connectivity index (χ2v) is 6.34. The highest BCUT2D eigenvalue weighted by molar-refractivity contribution is 7.11. The maximum atomic E-state index is 9.12. The molecule has 0 radical (unpaired) electrons. The summed E-state index contributed by atoms with van der Waals surface area (Å²) in [5, 5.41) is 10.4. The number of aliphatic hydroxyl groups excluding tert-OH is 1. The lowest BCUT2D eigenvalue weighted by atomic mass is 9.94. The summed E-state index contributed by atoms with van der Waals surface area (Å²) in [7, 11) is 2.20. The number of nitrogens with zero attached hydrogens (tertiary/aromatic N) is 2. The molecule has 3 nitrogen and oxygen atoms in total. The number of aliphatic hydroxyl groups is 1. The standard InChI is InChI=1S/C13H22N2OS/c1-10(9-16)12-8-14-13(17-12)7-11-3-5-15(2)6-4-11/h8,10-11,16H,3-7,9H2,1-2H3. The molecule has 1 aliphatic heterocycles. The molecule has 0 aromatic carbocycles. The highest BCUT2D eigenvalue weighted by Crippen LogP contribution is 2.26. The third-order valence-corrected chi connectivity index (χ3v) is 4.88. The smallest absolute Gasteiger partial charge is 0.0930 e. The molecule has 96 valence electrons. The summed E-state index contributed by atoms with van der Waals surface area (Å²) in [5.41, 5.74) is 0. The fourth-order valence-corrected chi connectivity index (χ4v) is 3.33. The van der Waals surface area contributed by atoms with Gasteiger partial charge in [0.05, 0.1) is 11.6 Å². The summed E-state index contributed by atoms with van der Waals surface area (Å²) >= 11 is 1.78. The Labute approximate surface area is 107 Å². The lowest BCUT2D eigenvalue weighted by Gasteiger charge is -2.28. The van der Waals surface area contributed by atoms with E-state index in [2.05, 4.69) is 16.9 Å². The first-order valence-electron chi connectivity index (χ1n) is 6.43. The van der Waals surface area contributed by atoms with Gasteiger partial charge in [-0.05, 0) is 38.9 Å². The summed E-state index contributed by atoms with van der Waals surface area (Å²) < 4.78 is 0. The molecular weight excluding hydrogens is 232 g/mol. The lowest BCUT2D eigenvalue weighted by molar-refractivity contribution is 0.219. The summed E-state index contributed by atoms with van der Waals surface area (Å²) in [6.07, 6.45) is 5.65. The van der Waals surface area contributed by atoms with Crippen molar-refractivity contribution >= 4 is 11.3 Å². The van der Waals surface area contributed by atoms with Gasteiger partial charge in [0.25, 0.3) is 0 Å². The number of hydrogen-bond donors (Lipinski definition) is 1. The maximum Gasteiger partial charge on any atom is 0.0930 e. The Balaban J connectivity index is 1.88. The molecule has 0 bridgehead atoms. The monoisotopic (exact) mass is 254 g/mol. The van der Waals surface area contributed by atoms with Gasteiger partial charge in [-0.25, -0.2) is 4.98 Å². The van der Waals surface area contributed by atoms with Crippen LogP contribution in [0.5, 0.6) is 0 Å². The number of thiazole rings is 1. The predicted octanol–water partition coefficient (Wildman–Crippen LogP) is 2.12. The van der Waals surface area contributed by atoms with E-state index in [1.54, 1.807) is 11.3 Å². The lowest BCUT2D eigenvalue weighted by Crippen LogP contribution is -2.30. The van der Waals surface area contributed by atoms with E-state index in [1.807, 2.05) is 13.1 Å². The van der Waals surface area contributed by atoms with E-state index in [0.29, 0.717) is 0 Å². The van der Waals surface area contributed by atoms with Gasteiger partial charge in [-0.15, -0.1) is 11.3 Å². The minimum atomic E-state index is 0.218. The van der Waals surface area contributed by atoms with Crippen LogP contribution in [0.1, 0.15) is 35.6 Å². The van der Waals surface area contributed by atoms with Gasteiger partial charge in [0.15, 0.2) is 0 Å². The predicted molar refractivity (Wildman–Crippen MR) is 71.5 cm³/mol. The fourth-order valence-electron chi connectivity index (χ4n) is 2.25. The molecule has 1 saturated heterocycles. The zero-order chi connectivity index (χ0) is 12.3. The summed E-state index contributed by atoms with van der Waals surface area (Å²) in [5.74, 6) is 1.04. The van der Waals surface area contributed by atoms with Crippen LogP contribution in [0.3, 0.4) is 0 Å². The number of piperidine rings is 1. The van der Waals surface area contributed by atoms with Crippen molar-refractivity contribution in [2.45, 2.75) is 32.1 Å². The van der Waals surface area contributed by atoms with Gasteiger partial charge in [-0.1, -0.05) is 6.92 Å². The van der Waals surface area contributed by atoms with Crippen molar-refractivity contribution in [1.82, 2.24) is 9.88 Å². The van der Waals surface area contributed by atoms with Gasteiger partial charge in [0, 0.05) is 23.4 Å². The molecule has 1 aliphatic rings. The van der Waals surface area contributed by atoms with Crippen molar-refractivity contribution in [2.75, 3.05) is 26.7 Å².